The molecule has 1 atom stereocenters. The molecule has 24 heavy (non-hydrogen) atoms. The molecule has 6 heteroatoms. The van der Waals surface area contributed by atoms with Crippen molar-refractivity contribution >= 4 is 5.91 Å². The average Bonchev–Trinajstić information content (AvgIpc) is 2.62. The van der Waals surface area contributed by atoms with Crippen molar-refractivity contribution < 1.29 is 19.0 Å². The van der Waals surface area contributed by atoms with Crippen molar-refractivity contribution in [1.29, 1.82) is 0 Å². The van der Waals surface area contributed by atoms with Gasteiger partial charge in [-0.15, -0.1) is 0 Å². The van der Waals surface area contributed by atoms with Gasteiger partial charge in [0.1, 0.15) is 13.2 Å². The highest BCUT2D eigenvalue weighted by Crippen LogP contribution is 2.34. The maximum absolute atomic E-state index is 12.9. The fraction of sp³-hybridized carbons (Fsp3) is 0.611. The number of hydrogen-bond acceptors (Lipinski definition) is 5. The maximum atomic E-state index is 12.9. The van der Waals surface area contributed by atoms with Crippen molar-refractivity contribution in [3.05, 3.63) is 23.8 Å². The van der Waals surface area contributed by atoms with Gasteiger partial charge in [0.2, 0.25) is 0 Å². The maximum Gasteiger partial charge on any atom is 0.257 e. The molecule has 3 rings (SSSR count). The highest BCUT2D eigenvalue weighted by molar-refractivity contribution is 5.98. The zero-order valence-electron chi connectivity index (χ0n) is 14.5. The molecular weight excluding hydrogens is 308 g/mol. The molecule has 1 unspecified atom stereocenters. The summed E-state index contributed by atoms with van der Waals surface area (Å²) in [4.78, 5) is 17.2. The van der Waals surface area contributed by atoms with Crippen molar-refractivity contribution in [1.82, 2.24) is 9.80 Å². The quantitative estimate of drug-likeness (QED) is 0.766. The van der Waals surface area contributed by atoms with E-state index in [9.17, 15) is 4.79 Å². The van der Waals surface area contributed by atoms with Crippen LogP contribution >= 0.6 is 0 Å². The Morgan fingerprint density at radius 1 is 1.29 bits per heavy atom. The van der Waals surface area contributed by atoms with E-state index in [0.717, 1.165) is 39.4 Å². The van der Waals surface area contributed by atoms with Crippen LogP contribution in [0.3, 0.4) is 0 Å². The van der Waals surface area contributed by atoms with Gasteiger partial charge in [0.05, 0.1) is 12.2 Å². The van der Waals surface area contributed by atoms with Crippen molar-refractivity contribution in [3.63, 3.8) is 0 Å². The van der Waals surface area contributed by atoms with Crippen LogP contribution < -0.4 is 9.47 Å². The summed E-state index contributed by atoms with van der Waals surface area (Å²) in [5.41, 5.74) is 0.599. The largest absolute Gasteiger partial charge is 0.486 e. The molecule has 1 saturated heterocycles. The van der Waals surface area contributed by atoms with E-state index in [2.05, 4.69) is 11.8 Å². The number of hydrogen-bond donors (Lipinski definition) is 0. The van der Waals surface area contributed by atoms with Gasteiger partial charge in [-0.1, -0.05) is 6.07 Å². The summed E-state index contributed by atoms with van der Waals surface area (Å²) in [6.07, 6.45) is 0. The average molecular weight is 334 g/mol. The van der Waals surface area contributed by atoms with Crippen LogP contribution in [0.5, 0.6) is 11.5 Å². The fourth-order valence-corrected chi connectivity index (χ4v) is 3.25. The van der Waals surface area contributed by atoms with E-state index in [1.54, 1.807) is 0 Å². The zero-order chi connectivity index (χ0) is 16.9. The molecule has 2 heterocycles. The lowest BCUT2D eigenvalue weighted by Gasteiger charge is -2.40. The van der Waals surface area contributed by atoms with Gasteiger partial charge in [0, 0.05) is 38.8 Å². The standard InChI is InChI=1S/C18H26N2O4/c1-3-22-10-9-19-7-8-20(13-14(19)2)18(21)15-5-4-6-16-17(15)24-12-11-23-16/h4-6,14H,3,7-13H2,1-2H3. The van der Waals surface area contributed by atoms with Crippen LogP contribution in [0.25, 0.3) is 0 Å². The predicted molar refractivity (Wildman–Crippen MR) is 90.9 cm³/mol. The van der Waals surface area contributed by atoms with Gasteiger partial charge in [-0.05, 0) is 26.0 Å². The first-order chi connectivity index (χ1) is 11.7. The summed E-state index contributed by atoms with van der Waals surface area (Å²) in [5, 5.41) is 0. The number of amides is 1. The Balaban J connectivity index is 1.65. The van der Waals surface area contributed by atoms with Gasteiger partial charge in [0.15, 0.2) is 11.5 Å². The number of nitrogens with zero attached hydrogens (tertiary/aromatic N) is 2. The molecule has 0 bridgehead atoms. The Labute approximate surface area is 143 Å². The summed E-state index contributed by atoms with van der Waals surface area (Å²) in [5.74, 6) is 1.27. The lowest BCUT2D eigenvalue weighted by atomic mass is 10.1. The van der Waals surface area contributed by atoms with E-state index < -0.39 is 0 Å². The van der Waals surface area contributed by atoms with Gasteiger partial charge < -0.3 is 19.1 Å². The second-order valence-corrected chi connectivity index (χ2v) is 6.16. The number of ether oxygens (including phenoxy) is 3. The van der Waals surface area contributed by atoms with E-state index in [4.69, 9.17) is 14.2 Å². The number of benzene rings is 1. The predicted octanol–water partition coefficient (Wildman–Crippen LogP) is 1.64. The van der Waals surface area contributed by atoms with E-state index in [1.807, 2.05) is 30.0 Å². The Morgan fingerprint density at radius 3 is 2.92 bits per heavy atom. The molecule has 0 spiro atoms. The Morgan fingerprint density at radius 2 is 2.12 bits per heavy atom. The summed E-state index contributed by atoms with van der Waals surface area (Å²) in [7, 11) is 0. The van der Waals surface area contributed by atoms with Crippen molar-refractivity contribution in [2.45, 2.75) is 19.9 Å². The molecule has 1 aromatic rings. The normalized spacial score (nSPS) is 20.9. The van der Waals surface area contributed by atoms with Crippen molar-refractivity contribution in [3.8, 4) is 11.5 Å². The molecule has 1 aromatic carbocycles. The second kappa shape index (κ2) is 7.85. The third kappa shape index (κ3) is 3.65. The third-order valence-electron chi connectivity index (χ3n) is 4.58. The van der Waals surface area contributed by atoms with Crippen LogP contribution in [0.1, 0.15) is 24.2 Å². The zero-order valence-corrected chi connectivity index (χ0v) is 14.5. The molecule has 1 fully saturated rings. The van der Waals surface area contributed by atoms with E-state index in [0.29, 0.717) is 36.3 Å². The minimum Gasteiger partial charge on any atom is -0.486 e. The number of carbonyl (C=O) groups is 1. The molecular formula is C18H26N2O4. The minimum absolute atomic E-state index is 0.0219. The number of carbonyl (C=O) groups excluding carboxylic acids is 1. The molecule has 6 nitrogen and oxygen atoms in total. The van der Waals surface area contributed by atoms with Crippen molar-refractivity contribution in [2.24, 2.45) is 0 Å². The van der Waals surface area contributed by atoms with Gasteiger partial charge >= 0.3 is 0 Å². The number of rotatable bonds is 5. The first-order valence-corrected chi connectivity index (χ1v) is 8.70. The highest BCUT2D eigenvalue weighted by Gasteiger charge is 2.30. The monoisotopic (exact) mass is 334 g/mol. The van der Waals surface area contributed by atoms with Crippen LogP contribution in [0.4, 0.5) is 0 Å². The lowest BCUT2D eigenvalue weighted by molar-refractivity contribution is 0.0387. The van der Waals surface area contributed by atoms with Gasteiger partial charge in [-0.25, -0.2) is 0 Å². The summed E-state index contributed by atoms with van der Waals surface area (Å²) in [6, 6.07) is 5.84. The first-order valence-electron chi connectivity index (χ1n) is 8.70. The van der Waals surface area contributed by atoms with Crippen LogP contribution in [0.15, 0.2) is 18.2 Å². The number of fused-ring (bicyclic) bond motifs is 1. The Kier molecular flexibility index (Phi) is 5.58. The number of piperazine rings is 1. The van der Waals surface area contributed by atoms with Gasteiger partial charge in [-0.3, -0.25) is 9.69 Å². The third-order valence-corrected chi connectivity index (χ3v) is 4.58. The van der Waals surface area contributed by atoms with E-state index in [1.165, 1.54) is 0 Å². The summed E-state index contributed by atoms with van der Waals surface area (Å²) in [6.45, 7) is 9.88. The molecule has 132 valence electrons. The number of para-hydroxylation sites is 1. The van der Waals surface area contributed by atoms with Crippen LogP contribution in [-0.2, 0) is 4.74 Å². The van der Waals surface area contributed by atoms with Gasteiger partial charge in [0.25, 0.3) is 5.91 Å². The topological polar surface area (TPSA) is 51.2 Å². The van der Waals surface area contributed by atoms with E-state index in [-0.39, 0.29) is 5.91 Å². The molecule has 0 aromatic heterocycles. The van der Waals surface area contributed by atoms with Crippen LogP contribution in [0.2, 0.25) is 0 Å². The molecule has 0 radical (unpaired) electrons. The van der Waals surface area contributed by atoms with Crippen molar-refractivity contribution in [2.75, 3.05) is 52.6 Å². The molecule has 0 N–H and O–H groups in total. The molecule has 2 aliphatic rings. The van der Waals surface area contributed by atoms with E-state index >= 15 is 0 Å². The second-order valence-electron chi connectivity index (χ2n) is 6.16. The minimum atomic E-state index is 0.0219. The summed E-state index contributed by atoms with van der Waals surface area (Å²) >= 11 is 0. The lowest BCUT2D eigenvalue weighted by Crippen LogP contribution is -2.54. The Bertz CT molecular complexity index is 578. The Hall–Kier alpha value is -1.79. The van der Waals surface area contributed by atoms with Crippen LogP contribution in [-0.4, -0.2) is 74.4 Å². The van der Waals surface area contributed by atoms with Gasteiger partial charge in [-0.2, -0.15) is 0 Å². The molecule has 0 saturated carbocycles. The fourth-order valence-electron chi connectivity index (χ4n) is 3.25. The SMILES string of the molecule is CCOCCN1CCN(C(=O)c2cccc3c2OCCO3)CC1C. The first kappa shape index (κ1) is 17.0. The molecule has 0 aliphatic carbocycles. The smallest absolute Gasteiger partial charge is 0.257 e. The summed E-state index contributed by atoms with van der Waals surface area (Å²) < 4.78 is 16.7. The van der Waals surface area contributed by atoms with Crippen LogP contribution in [0, 0.1) is 0 Å². The molecule has 1 amide bonds. The highest BCUT2D eigenvalue weighted by atomic mass is 16.6. The molecule has 2 aliphatic heterocycles.